The van der Waals surface area contributed by atoms with Crippen LogP contribution in [0.2, 0.25) is 0 Å². The minimum absolute atomic E-state index is 0.774. The fraction of sp³-hybridized carbons (Fsp3) is 0. The number of benzene rings is 6. The molecule has 1 aromatic heterocycles. The van der Waals surface area contributed by atoms with Crippen molar-refractivity contribution in [2.45, 2.75) is 0 Å². The molecule has 0 saturated heterocycles. The van der Waals surface area contributed by atoms with Crippen LogP contribution in [0.3, 0.4) is 0 Å². The Labute approximate surface area is 197 Å². The third kappa shape index (κ3) is 2.76. The molecule has 6 aromatic carbocycles. The number of hydrogen-bond donors (Lipinski definition) is 1. The van der Waals surface area contributed by atoms with Crippen molar-refractivity contribution < 1.29 is 0 Å². The number of nitrogen functional groups attached to an aromatic ring is 1. The quantitative estimate of drug-likeness (QED) is 0.215. The van der Waals surface area contributed by atoms with Gasteiger partial charge in [0.05, 0.1) is 11.0 Å². The molecule has 0 radical (unpaired) electrons. The molecule has 0 aliphatic carbocycles. The Morgan fingerprint density at radius 3 is 1.94 bits per heavy atom. The van der Waals surface area contributed by atoms with Crippen LogP contribution in [0.4, 0.5) is 5.69 Å². The van der Waals surface area contributed by atoms with Crippen LogP contribution < -0.4 is 5.73 Å². The van der Waals surface area contributed by atoms with E-state index in [0.29, 0.717) is 0 Å². The molecular formula is C32H22N2. The molecule has 0 spiro atoms. The maximum atomic E-state index is 6.18. The van der Waals surface area contributed by atoms with Gasteiger partial charge in [-0.25, -0.2) is 0 Å². The summed E-state index contributed by atoms with van der Waals surface area (Å²) >= 11 is 0. The highest BCUT2D eigenvalue weighted by molar-refractivity contribution is 6.14. The molecule has 0 atom stereocenters. The van der Waals surface area contributed by atoms with E-state index in [0.717, 1.165) is 16.9 Å². The highest BCUT2D eigenvalue weighted by Gasteiger charge is 2.13. The molecule has 0 aliphatic rings. The number of rotatable bonds is 2. The third-order valence-electron chi connectivity index (χ3n) is 6.90. The van der Waals surface area contributed by atoms with Gasteiger partial charge in [-0.1, -0.05) is 84.9 Å². The first-order chi connectivity index (χ1) is 16.8. The van der Waals surface area contributed by atoms with E-state index < -0.39 is 0 Å². The van der Waals surface area contributed by atoms with Gasteiger partial charge < -0.3 is 10.3 Å². The van der Waals surface area contributed by atoms with Crippen molar-refractivity contribution in [3.8, 4) is 16.8 Å². The summed E-state index contributed by atoms with van der Waals surface area (Å²) in [7, 11) is 0. The fourth-order valence-electron chi connectivity index (χ4n) is 5.35. The largest absolute Gasteiger partial charge is 0.399 e. The lowest BCUT2D eigenvalue weighted by molar-refractivity contribution is 1.18. The zero-order valence-electron chi connectivity index (χ0n) is 18.6. The zero-order valence-corrected chi connectivity index (χ0v) is 18.6. The number of para-hydroxylation sites is 1. The summed E-state index contributed by atoms with van der Waals surface area (Å²) in [6.07, 6.45) is 0. The van der Waals surface area contributed by atoms with Crippen molar-refractivity contribution in [3.05, 3.63) is 121 Å². The Kier molecular flexibility index (Phi) is 4.03. The lowest BCUT2D eigenvalue weighted by Crippen LogP contribution is -1.94. The molecule has 0 aliphatic heterocycles. The first-order valence-corrected chi connectivity index (χ1v) is 11.6. The summed E-state index contributed by atoms with van der Waals surface area (Å²) in [6.45, 7) is 0. The minimum Gasteiger partial charge on any atom is -0.399 e. The predicted molar refractivity (Wildman–Crippen MR) is 146 cm³/mol. The van der Waals surface area contributed by atoms with Crippen LogP contribution in [0, 0.1) is 0 Å². The average Bonchev–Trinajstić information content (AvgIpc) is 3.21. The summed E-state index contributed by atoms with van der Waals surface area (Å²) in [6, 6.07) is 43.2. The van der Waals surface area contributed by atoms with E-state index in [1.807, 2.05) is 6.07 Å². The smallest absolute Gasteiger partial charge is 0.0561 e. The van der Waals surface area contributed by atoms with Gasteiger partial charge in [-0.15, -0.1) is 0 Å². The van der Waals surface area contributed by atoms with E-state index >= 15 is 0 Å². The minimum atomic E-state index is 0.774. The second kappa shape index (κ2) is 7.23. The van der Waals surface area contributed by atoms with Crippen molar-refractivity contribution in [2.75, 3.05) is 5.73 Å². The Bertz CT molecular complexity index is 1860. The van der Waals surface area contributed by atoms with Crippen molar-refractivity contribution in [3.63, 3.8) is 0 Å². The molecule has 2 heteroatoms. The molecular weight excluding hydrogens is 412 g/mol. The van der Waals surface area contributed by atoms with Crippen LogP contribution in [-0.2, 0) is 0 Å². The average molecular weight is 435 g/mol. The normalized spacial score (nSPS) is 11.6. The first-order valence-electron chi connectivity index (χ1n) is 11.6. The Morgan fingerprint density at radius 2 is 1.12 bits per heavy atom. The number of fused-ring (bicyclic) bond motifs is 6. The van der Waals surface area contributed by atoms with Crippen molar-refractivity contribution in [1.82, 2.24) is 4.57 Å². The van der Waals surface area contributed by atoms with E-state index in [1.165, 1.54) is 49.0 Å². The second-order valence-corrected chi connectivity index (χ2v) is 8.87. The Balaban J connectivity index is 1.45. The summed E-state index contributed by atoms with van der Waals surface area (Å²) in [5.41, 5.74) is 12.9. The van der Waals surface area contributed by atoms with Gasteiger partial charge in [-0.3, -0.25) is 0 Å². The summed E-state index contributed by atoms with van der Waals surface area (Å²) in [5.74, 6) is 0. The van der Waals surface area contributed by atoms with Gasteiger partial charge in [-0.2, -0.15) is 0 Å². The highest BCUT2D eigenvalue weighted by atomic mass is 15.0. The van der Waals surface area contributed by atoms with Crippen molar-refractivity contribution in [2.24, 2.45) is 0 Å². The Hall–Kier alpha value is -4.56. The number of anilines is 1. The summed E-state index contributed by atoms with van der Waals surface area (Å²) in [5, 5.41) is 7.58. The molecule has 34 heavy (non-hydrogen) atoms. The molecule has 7 aromatic rings. The summed E-state index contributed by atoms with van der Waals surface area (Å²) in [4.78, 5) is 0. The molecule has 160 valence electrons. The van der Waals surface area contributed by atoms with Gasteiger partial charge in [0.25, 0.3) is 0 Å². The fourth-order valence-corrected chi connectivity index (χ4v) is 5.35. The summed E-state index contributed by atoms with van der Waals surface area (Å²) < 4.78 is 2.31. The molecule has 0 amide bonds. The zero-order chi connectivity index (χ0) is 22.6. The molecule has 0 saturated carbocycles. The number of nitrogens with zero attached hydrogens (tertiary/aromatic N) is 1. The van der Waals surface area contributed by atoms with Crippen LogP contribution in [0.15, 0.2) is 121 Å². The topological polar surface area (TPSA) is 30.9 Å². The Morgan fingerprint density at radius 1 is 0.471 bits per heavy atom. The van der Waals surface area contributed by atoms with Gasteiger partial charge in [0.1, 0.15) is 0 Å². The molecule has 0 unspecified atom stereocenters. The van der Waals surface area contributed by atoms with Crippen LogP contribution in [0.1, 0.15) is 0 Å². The van der Waals surface area contributed by atoms with Gasteiger partial charge in [0.15, 0.2) is 0 Å². The van der Waals surface area contributed by atoms with E-state index in [9.17, 15) is 0 Å². The number of nitrogens with two attached hydrogens (primary N) is 1. The predicted octanol–water partition coefficient (Wildman–Crippen LogP) is 8.34. The maximum Gasteiger partial charge on any atom is 0.0561 e. The first kappa shape index (κ1) is 19.0. The van der Waals surface area contributed by atoms with E-state index in [1.54, 1.807) is 0 Å². The van der Waals surface area contributed by atoms with Gasteiger partial charge in [0.2, 0.25) is 0 Å². The molecule has 1 heterocycles. The highest BCUT2D eigenvalue weighted by Crippen LogP contribution is 2.37. The lowest BCUT2D eigenvalue weighted by atomic mass is 9.93. The van der Waals surface area contributed by atoms with E-state index in [2.05, 4.69) is 120 Å². The van der Waals surface area contributed by atoms with Crippen LogP contribution in [-0.4, -0.2) is 4.57 Å². The van der Waals surface area contributed by atoms with Gasteiger partial charge in [0, 0.05) is 22.1 Å². The molecule has 0 bridgehead atoms. The van der Waals surface area contributed by atoms with E-state index in [4.69, 9.17) is 5.73 Å². The van der Waals surface area contributed by atoms with Gasteiger partial charge in [-0.05, 0) is 69.1 Å². The number of hydrogen-bond acceptors (Lipinski definition) is 1. The van der Waals surface area contributed by atoms with Gasteiger partial charge >= 0.3 is 0 Å². The van der Waals surface area contributed by atoms with Crippen LogP contribution >= 0.6 is 0 Å². The molecule has 7 rings (SSSR count). The SMILES string of the molecule is Nc1ccc2c3ccccc3n(-c3ccc(-c4cc5ccccc5c5ccccc45)cc3)c2c1. The molecule has 0 fully saturated rings. The second-order valence-electron chi connectivity index (χ2n) is 8.87. The maximum absolute atomic E-state index is 6.18. The number of aromatic nitrogens is 1. The van der Waals surface area contributed by atoms with Crippen LogP contribution in [0.5, 0.6) is 0 Å². The third-order valence-corrected chi connectivity index (χ3v) is 6.90. The molecule has 2 nitrogen and oxygen atoms in total. The van der Waals surface area contributed by atoms with Crippen LogP contribution in [0.25, 0.3) is 60.2 Å². The molecule has 2 N–H and O–H groups in total. The standard InChI is InChI=1S/C32H22N2/c33-23-15-18-29-28-11-5-6-12-31(28)34(32(29)20-23)24-16-13-21(14-17-24)30-19-22-7-1-2-8-25(22)26-9-3-4-10-27(26)30/h1-20H,33H2. The lowest BCUT2D eigenvalue weighted by Gasteiger charge is -2.13. The van der Waals surface area contributed by atoms with E-state index in [-0.39, 0.29) is 0 Å². The van der Waals surface area contributed by atoms with Crippen molar-refractivity contribution >= 4 is 49.0 Å². The van der Waals surface area contributed by atoms with Crippen molar-refractivity contribution in [1.29, 1.82) is 0 Å². The monoisotopic (exact) mass is 434 g/mol.